The molecule has 0 radical (unpaired) electrons. The molecule has 1 N–H and O–H groups in total. The quantitative estimate of drug-likeness (QED) is 0.708. The van der Waals surface area contributed by atoms with Crippen LogP contribution in [0.2, 0.25) is 0 Å². The molecule has 0 spiro atoms. The molecule has 1 fully saturated rings. The largest absolute Gasteiger partial charge is 0.476 e. The Kier molecular flexibility index (Phi) is 7.71. The number of hydrogen-bond acceptors (Lipinski definition) is 7. The molecule has 28 heavy (non-hydrogen) atoms. The van der Waals surface area contributed by atoms with E-state index in [-0.39, 0.29) is 0 Å². The van der Waals surface area contributed by atoms with Gasteiger partial charge in [-0.15, -0.1) is 0 Å². The second-order valence-electron chi connectivity index (χ2n) is 7.83. The fourth-order valence-electron chi connectivity index (χ4n) is 3.42. The zero-order valence-corrected chi connectivity index (χ0v) is 17.3. The maximum Gasteiger partial charge on any atom is 0.213 e. The summed E-state index contributed by atoms with van der Waals surface area (Å²) in [5, 5.41) is 12.3. The minimum Gasteiger partial charge on any atom is -0.476 e. The van der Waals surface area contributed by atoms with Gasteiger partial charge in [0.05, 0.1) is 11.4 Å². The number of nitrogens with one attached hydrogen (secondary N) is 1. The number of ether oxygens (including phenoxy) is 1. The lowest BCUT2D eigenvalue weighted by Gasteiger charge is -2.27. The van der Waals surface area contributed by atoms with E-state index in [0.29, 0.717) is 12.5 Å². The molecule has 152 valence electrons. The molecule has 1 aliphatic heterocycles. The Balaban J connectivity index is 1.54. The first-order valence-electron chi connectivity index (χ1n) is 10.1. The van der Waals surface area contributed by atoms with Crippen molar-refractivity contribution < 1.29 is 4.74 Å². The van der Waals surface area contributed by atoms with Crippen molar-refractivity contribution in [2.45, 2.75) is 19.4 Å². The van der Waals surface area contributed by atoms with Crippen LogP contribution in [0.1, 0.15) is 18.5 Å². The van der Waals surface area contributed by atoms with Gasteiger partial charge in [0.2, 0.25) is 5.88 Å². The van der Waals surface area contributed by atoms with Crippen molar-refractivity contribution >= 4 is 0 Å². The number of piperidine rings is 1. The zero-order chi connectivity index (χ0) is 19.8. The van der Waals surface area contributed by atoms with E-state index in [9.17, 15) is 0 Å². The van der Waals surface area contributed by atoms with Gasteiger partial charge in [-0.1, -0.05) is 0 Å². The molecule has 0 atom stereocenters. The van der Waals surface area contributed by atoms with Crippen LogP contribution in [0.15, 0.2) is 30.5 Å². The molecule has 1 aliphatic rings. The van der Waals surface area contributed by atoms with Crippen molar-refractivity contribution in [1.82, 2.24) is 30.3 Å². The molecule has 3 heterocycles. The highest BCUT2D eigenvalue weighted by molar-refractivity contribution is 5.59. The molecule has 0 aliphatic carbocycles. The van der Waals surface area contributed by atoms with E-state index in [2.05, 4.69) is 43.4 Å². The third-order valence-electron chi connectivity index (χ3n) is 5.00. The second kappa shape index (κ2) is 10.5. The van der Waals surface area contributed by atoms with Crippen LogP contribution in [0.25, 0.3) is 11.3 Å². The predicted octanol–water partition coefficient (Wildman–Crippen LogP) is 1.91. The third kappa shape index (κ3) is 6.51. The lowest BCUT2D eigenvalue weighted by atomic mass is 9.98. The molecule has 0 amide bonds. The van der Waals surface area contributed by atoms with Crippen LogP contribution in [0.4, 0.5) is 0 Å². The standard InChI is InChI=1S/C21H32N6O/c1-26(2)12-13-28-21-14-18(8-11-23-21)20-5-4-19(24-25-20)16-27(3)15-17-6-9-22-10-7-17/h4-5,8,11,14,17,22H,6-7,9-10,12-13,15-16H2,1-3H3. The summed E-state index contributed by atoms with van der Waals surface area (Å²) in [6.45, 7) is 5.68. The van der Waals surface area contributed by atoms with E-state index >= 15 is 0 Å². The molecule has 7 heteroatoms. The van der Waals surface area contributed by atoms with Crippen LogP contribution >= 0.6 is 0 Å². The summed E-state index contributed by atoms with van der Waals surface area (Å²) in [5.74, 6) is 1.40. The summed E-state index contributed by atoms with van der Waals surface area (Å²) in [4.78, 5) is 8.70. The summed E-state index contributed by atoms with van der Waals surface area (Å²) >= 11 is 0. The molecule has 1 saturated heterocycles. The van der Waals surface area contributed by atoms with Gasteiger partial charge in [0.15, 0.2) is 0 Å². The fraction of sp³-hybridized carbons (Fsp3) is 0.571. The average molecular weight is 385 g/mol. The van der Waals surface area contributed by atoms with E-state index in [0.717, 1.165) is 55.6 Å². The minimum absolute atomic E-state index is 0.609. The van der Waals surface area contributed by atoms with Crippen LogP contribution in [0, 0.1) is 5.92 Å². The van der Waals surface area contributed by atoms with Gasteiger partial charge >= 0.3 is 0 Å². The zero-order valence-electron chi connectivity index (χ0n) is 17.3. The Labute approximate surface area is 168 Å². The van der Waals surface area contributed by atoms with Crippen LogP contribution in [-0.4, -0.2) is 78.9 Å². The Bertz CT molecular complexity index is 715. The van der Waals surface area contributed by atoms with Gasteiger partial charge in [0, 0.05) is 37.5 Å². The number of rotatable bonds is 9. The second-order valence-corrected chi connectivity index (χ2v) is 7.83. The molecule has 0 unspecified atom stereocenters. The maximum atomic E-state index is 5.72. The van der Waals surface area contributed by atoms with Crippen molar-refractivity contribution in [1.29, 1.82) is 0 Å². The van der Waals surface area contributed by atoms with Gasteiger partial charge in [0.25, 0.3) is 0 Å². The van der Waals surface area contributed by atoms with Gasteiger partial charge in [-0.3, -0.25) is 0 Å². The molecule has 0 aromatic carbocycles. The van der Waals surface area contributed by atoms with E-state index in [4.69, 9.17) is 4.74 Å². The Morgan fingerprint density at radius 1 is 1.11 bits per heavy atom. The topological polar surface area (TPSA) is 66.4 Å². The smallest absolute Gasteiger partial charge is 0.213 e. The maximum absolute atomic E-state index is 5.72. The number of pyridine rings is 1. The van der Waals surface area contributed by atoms with Gasteiger partial charge in [-0.25, -0.2) is 4.98 Å². The summed E-state index contributed by atoms with van der Waals surface area (Å²) in [6.07, 6.45) is 4.27. The summed E-state index contributed by atoms with van der Waals surface area (Å²) in [7, 11) is 6.21. The number of aromatic nitrogens is 3. The van der Waals surface area contributed by atoms with Crippen molar-refractivity contribution in [3.8, 4) is 17.1 Å². The molecule has 0 saturated carbocycles. The van der Waals surface area contributed by atoms with E-state index in [1.807, 2.05) is 32.3 Å². The monoisotopic (exact) mass is 384 g/mol. The van der Waals surface area contributed by atoms with E-state index in [1.54, 1.807) is 6.20 Å². The third-order valence-corrected chi connectivity index (χ3v) is 5.00. The Hall–Kier alpha value is -2.09. The van der Waals surface area contributed by atoms with Gasteiger partial charge in [0.1, 0.15) is 6.61 Å². The average Bonchev–Trinajstić information content (AvgIpc) is 2.69. The first-order chi connectivity index (χ1) is 13.6. The first-order valence-corrected chi connectivity index (χ1v) is 10.1. The normalized spacial score (nSPS) is 15.3. The molecule has 7 nitrogen and oxygen atoms in total. The van der Waals surface area contributed by atoms with Crippen molar-refractivity contribution in [2.24, 2.45) is 5.92 Å². The SMILES string of the molecule is CN(C)CCOc1cc(-c2ccc(CN(C)CC3CCNCC3)nn2)ccn1. The highest BCUT2D eigenvalue weighted by Gasteiger charge is 2.15. The molecule has 2 aromatic rings. The van der Waals surface area contributed by atoms with Crippen molar-refractivity contribution in [3.63, 3.8) is 0 Å². The molecule has 3 rings (SSSR count). The molecule has 2 aromatic heterocycles. The van der Waals surface area contributed by atoms with Crippen LogP contribution in [-0.2, 0) is 6.54 Å². The molecule has 0 bridgehead atoms. The summed E-state index contributed by atoms with van der Waals surface area (Å²) < 4.78 is 5.72. The molecular weight excluding hydrogens is 352 g/mol. The van der Waals surface area contributed by atoms with E-state index in [1.165, 1.54) is 12.8 Å². The lowest BCUT2D eigenvalue weighted by Crippen LogP contribution is -2.34. The predicted molar refractivity (Wildman–Crippen MR) is 111 cm³/mol. The van der Waals surface area contributed by atoms with E-state index < -0.39 is 0 Å². The molecular formula is C21H32N6O. The Morgan fingerprint density at radius 2 is 1.93 bits per heavy atom. The first kappa shape index (κ1) is 20.6. The fourth-order valence-corrected chi connectivity index (χ4v) is 3.42. The van der Waals surface area contributed by atoms with Crippen LogP contribution < -0.4 is 10.1 Å². The van der Waals surface area contributed by atoms with Gasteiger partial charge in [-0.2, -0.15) is 10.2 Å². The minimum atomic E-state index is 0.609. The summed E-state index contributed by atoms with van der Waals surface area (Å²) in [6, 6.07) is 7.95. The van der Waals surface area contributed by atoms with Crippen molar-refractivity contribution in [3.05, 3.63) is 36.2 Å². The Morgan fingerprint density at radius 3 is 2.64 bits per heavy atom. The number of likely N-dealkylation sites (N-methyl/N-ethyl adjacent to an activating group) is 1. The van der Waals surface area contributed by atoms with Crippen LogP contribution in [0.5, 0.6) is 5.88 Å². The van der Waals surface area contributed by atoms with Crippen molar-refractivity contribution in [2.75, 3.05) is 53.9 Å². The van der Waals surface area contributed by atoms with Gasteiger partial charge in [-0.05, 0) is 71.2 Å². The van der Waals surface area contributed by atoms with Gasteiger partial charge < -0.3 is 19.9 Å². The van der Waals surface area contributed by atoms with Crippen LogP contribution in [0.3, 0.4) is 0 Å². The summed E-state index contributed by atoms with van der Waals surface area (Å²) in [5.41, 5.74) is 2.80. The highest BCUT2D eigenvalue weighted by atomic mass is 16.5. The number of hydrogen-bond donors (Lipinski definition) is 1. The lowest BCUT2D eigenvalue weighted by molar-refractivity contribution is 0.232. The highest BCUT2D eigenvalue weighted by Crippen LogP contribution is 2.20. The number of nitrogens with zero attached hydrogens (tertiary/aromatic N) is 5.